The van der Waals surface area contributed by atoms with Crippen LogP contribution in [-0.2, 0) is 4.79 Å². The minimum Gasteiger partial charge on any atom is -0.351 e. The highest BCUT2D eigenvalue weighted by molar-refractivity contribution is 6.10. The third-order valence-electron chi connectivity index (χ3n) is 5.07. The summed E-state index contributed by atoms with van der Waals surface area (Å²) in [6.07, 6.45) is 0.486. The zero-order valence-electron chi connectivity index (χ0n) is 15.1. The van der Waals surface area contributed by atoms with E-state index >= 15 is 0 Å². The van der Waals surface area contributed by atoms with Crippen molar-refractivity contribution in [3.05, 3.63) is 24.7 Å². The number of carbonyl (C=O) groups is 1. The first kappa shape index (κ1) is 18.5. The number of H-pyrrole nitrogens is 1. The lowest BCUT2D eigenvalue weighted by Gasteiger charge is -2.39. The SMILES string of the molecule is CC1CCC(NC(=O)CC(F)(F)F)CN1c1nncc2cnc3[nH]ccc3c12. The molecule has 0 radical (unpaired) electrons. The highest BCUT2D eigenvalue weighted by Crippen LogP contribution is 2.33. The summed E-state index contributed by atoms with van der Waals surface area (Å²) in [6.45, 7) is 2.40. The van der Waals surface area contributed by atoms with E-state index in [1.807, 2.05) is 17.9 Å². The molecule has 1 aliphatic rings. The van der Waals surface area contributed by atoms with E-state index in [0.717, 1.165) is 28.2 Å². The minimum absolute atomic E-state index is 0.109. The molecular formula is C18H19F3N6O. The van der Waals surface area contributed by atoms with E-state index in [1.165, 1.54) is 0 Å². The zero-order chi connectivity index (χ0) is 19.9. The summed E-state index contributed by atoms with van der Waals surface area (Å²) in [5.74, 6) is -0.361. The molecule has 2 unspecified atom stereocenters. The summed E-state index contributed by atoms with van der Waals surface area (Å²) in [5, 5.41) is 13.5. The fourth-order valence-electron chi connectivity index (χ4n) is 3.75. The third kappa shape index (κ3) is 3.58. The number of aromatic nitrogens is 4. The first-order chi connectivity index (χ1) is 13.3. The van der Waals surface area contributed by atoms with Gasteiger partial charge in [-0.15, -0.1) is 5.10 Å². The lowest BCUT2D eigenvalue weighted by atomic mass is 9.98. The Labute approximate surface area is 158 Å². The van der Waals surface area contributed by atoms with Gasteiger partial charge in [-0.25, -0.2) is 4.98 Å². The van der Waals surface area contributed by atoms with Crippen molar-refractivity contribution in [2.75, 3.05) is 11.4 Å². The Bertz CT molecular complexity index is 1020. The maximum absolute atomic E-state index is 12.5. The monoisotopic (exact) mass is 392 g/mol. The van der Waals surface area contributed by atoms with Gasteiger partial charge in [-0.3, -0.25) is 4.79 Å². The zero-order valence-corrected chi connectivity index (χ0v) is 15.1. The number of alkyl halides is 3. The number of aromatic amines is 1. The average molecular weight is 392 g/mol. The molecule has 3 aromatic rings. The van der Waals surface area contributed by atoms with Gasteiger partial charge in [0.25, 0.3) is 0 Å². The van der Waals surface area contributed by atoms with E-state index in [-0.39, 0.29) is 12.1 Å². The van der Waals surface area contributed by atoms with E-state index in [0.29, 0.717) is 18.8 Å². The van der Waals surface area contributed by atoms with Crippen LogP contribution in [0.15, 0.2) is 24.7 Å². The molecule has 2 N–H and O–H groups in total. The normalized spacial score (nSPS) is 20.6. The Morgan fingerprint density at radius 2 is 2.18 bits per heavy atom. The number of nitrogens with zero attached hydrogens (tertiary/aromatic N) is 4. The summed E-state index contributed by atoms with van der Waals surface area (Å²) >= 11 is 0. The summed E-state index contributed by atoms with van der Waals surface area (Å²) in [5.41, 5.74) is 0.724. The molecule has 0 aromatic carbocycles. The predicted molar refractivity (Wildman–Crippen MR) is 97.8 cm³/mol. The molecule has 0 bridgehead atoms. The van der Waals surface area contributed by atoms with Gasteiger partial charge >= 0.3 is 6.18 Å². The molecule has 1 amide bonds. The Kier molecular flexibility index (Phi) is 4.56. The van der Waals surface area contributed by atoms with Crippen molar-refractivity contribution in [1.82, 2.24) is 25.5 Å². The van der Waals surface area contributed by atoms with Gasteiger partial charge in [0.05, 0.1) is 6.20 Å². The summed E-state index contributed by atoms with van der Waals surface area (Å²) in [7, 11) is 0. The Morgan fingerprint density at radius 3 is 2.96 bits per heavy atom. The molecular weight excluding hydrogens is 373 g/mol. The number of halogens is 3. The van der Waals surface area contributed by atoms with E-state index in [2.05, 4.69) is 25.5 Å². The molecule has 10 heteroatoms. The third-order valence-corrected chi connectivity index (χ3v) is 5.07. The van der Waals surface area contributed by atoms with E-state index in [9.17, 15) is 18.0 Å². The van der Waals surface area contributed by atoms with Crippen LogP contribution in [0.1, 0.15) is 26.2 Å². The van der Waals surface area contributed by atoms with Crippen molar-refractivity contribution in [2.45, 2.75) is 44.4 Å². The lowest BCUT2D eigenvalue weighted by Crippen LogP contribution is -2.52. The quantitative estimate of drug-likeness (QED) is 0.716. The lowest BCUT2D eigenvalue weighted by molar-refractivity contribution is -0.154. The maximum Gasteiger partial charge on any atom is 0.397 e. The molecule has 2 atom stereocenters. The van der Waals surface area contributed by atoms with Gasteiger partial charge in [0.1, 0.15) is 12.1 Å². The minimum atomic E-state index is -4.51. The number of piperidine rings is 1. The largest absolute Gasteiger partial charge is 0.397 e. The molecule has 0 spiro atoms. The molecule has 0 aliphatic carbocycles. The molecule has 0 saturated carbocycles. The van der Waals surface area contributed by atoms with Crippen LogP contribution in [0, 0.1) is 0 Å². The molecule has 4 rings (SSSR count). The standard InChI is InChI=1S/C18H19F3N6O/c1-10-2-3-12(25-14(28)6-18(19,20)21)9-27(10)17-15-11(8-24-26-17)7-23-16-13(15)4-5-22-16/h4-5,7-8,10,12H,2-3,6,9H2,1H3,(H,22,23)(H,25,28). The van der Waals surface area contributed by atoms with E-state index < -0.39 is 18.5 Å². The number of nitrogens with one attached hydrogen (secondary N) is 2. The first-order valence-corrected chi connectivity index (χ1v) is 9.02. The number of amides is 1. The van der Waals surface area contributed by atoms with Crippen LogP contribution in [0.25, 0.3) is 21.8 Å². The fraction of sp³-hybridized carbons (Fsp3) is 0.444. The second-order valence-corrected chi connectivity index (χ2v) is 7.13. The second kappa shape index (κ2) is 6.92. The van der Waals surface area contributed by atoms with E-state index in [1.54, 1.807) is 18.6 Å². The number of hydrogen-bond acceptors (Lipinski definition) is 5. The molecule has 1 fully saturated rings. The molecule has 7 nitrogen and oxygen atoms in total. The molecule has 3 aromatic heterocycles. The smallest absolute Gasteiger partial charge is 0.351 e. The van der Waals surface area contributed by atoms with Crippen molar-refractivity contribution in [3.8, 4) is 0 Å². The van der Waals surface area contributed by atoms with Crippen LogP contribution in [0.5, 0.6) is 0 Å². The van der Waals surface area contributed by atoms with Crippen molar-refractivity contribution < 1.29 is 18.0 Å². The van der Waals surface area contributed by atoms with Crippen molar-refractivity contribution in [3.63, 3.8) is 0 Å². The van der Waals surface area contributed by atoms with Gasteiger partial charge in [-0.05, 0) is 25.8 Å². The summed E-state index contributed by atoms with van der Waals surface area (Å²) < 4.78 is 37.4. The van der Waals surface area contributed by atoms with Gasteiger partial charge in [0.15, 0.2) is 5.82 Å². The molecule has 4 heterocycles. The van der Waals surface area contributed by atoms with E-state index in [4.69, 9.17) is 0 Å². The second-order valence-electron chi connectivity index (χ2n) is 7.13. The van der Waals surface area contributed by atoms with Crippen LogP contribution < -0.4 is 10.2 Å². The summed E-state index contributed by atoms with van der Waals surface area (Å²) in [6, 6.07) is 1.64. The molecule has 1 aliphatic heterocycles. The highest BCUT2D eigenvalue weighted by Gasteiger charge is 2.34. The molecule has 148 valence electrons. The van der Waals surface area contributed by atoms with Gasteiger partial charge in [-0.2, -0.15) is 18.3 Å². The molecule has 1 saturated heterocycles. The number of hydrogen-bond donors (Lipinski definition) is 2. The van der Waals surface area contributed by atoms with Crippen LogP contribution >= 0.6 is 0 Å². The van der Waals surface area contributed by atoms with Crippen LogP contribution in [0.2, 0.25) is 0 Å². The number of fused-ring (bicyclic) bond motifs is 3. The Balaban J connectivity index is 1.64. The number of carbonyl (C=O) groups excluding carboxylic acids is 1. The Hall–Kier alpha value is -2.91. The van der Waals surface area contributed by atoms with Crippen molar-refractivity contribution >= 4 is 33.5 Å². The summed E-state index contributed by atoms with van der Waals surface area (Å²) in [4.78, 5) is 21.1. The van der Waals surface area contributed by atoms with Gasteiger partial charge in [0.2, 0.25) is 5.91 Å². The van der Waals surface area contributed by atoms with Crippen molar-refractivity contribution in [2.24, 2.45) is 0 Å². The van der Waals surface area contributed by atoms with Crippen molar-refractivity contribution in [1.29, 1.82) is 0 Å². The van der Waals surface area contributed by atoms with Gasteiger partial charge in [-0.1, -0.05) is 0 Å². The number of rotatable bonds is 3. The Morgan fingerprint density at radius 1 is 1.36 bits per heavy atom. The van der Waals surface area contributed by atoms with Crippen LogP contribution in [0.3, 0.4) is 0 Å². The fourth-order valence-corrected chi connectivity index (χ4v) is 3.75. The molecule has 28 heavy (non-hydrogen) atoms. The number of pyridine rings is 1. The van der Waals surface area contributed by atoms with Crippen LogP contribution in [0.4, 0.5) is 19.0 Å². The van der Waals surface area contributed by atoms with Gasteiger partial charge in [0, 0.05) is 47.2 Å². The topological polar surface area (TPSA) is 86.8 Å². The average Bonchev–Trinajstić information content (AvgIpc) is 3.10. The maximum atomic E-state index is 12.5. The van der Waals surface area contributed by atoms with Gasteiger partial charge < -0.3 is 15.2 Å². The van der Waals surface area contributed by atoms with Crippen LogP contribution in [-0.4, -0.2) is 50.9 Å². The predicted octanol–water partition coefficient (Wildman–Crippen LogP) is 2.93. The highest BCUT2D eigenvalue weighted by atomic mass is 19.4. The number of anilines is 1. The first-order valence-electron chi connectivity index (χ1n) is 9.02.